The second kappa shape index (κ2) is 9.61. The first-order valence-electron chi connectivity index (χ1n) is 12.1. The van der Waals surface area contributed by atoms with Crippen molar-refractivity contribution in [1.29, 1.82) is 10.5 Å². The van der Waals surface area contributed by atoms with E-state index in [0.29, 0.717) is 29.0 Å². The van der Waals surface area contributed by atoms with Crippen LogP contribution < -0.4 is 9.46 Å². The maximum absolute atomic E-state index is 12.2. The Labute approximate surface area is 215 Å². The third-order valence-corrected chi connectivity index (χ3v) is 7.83. The topological polar surface area (TPSA) is 121 Å². The average molecular weight is 512 g/mol. The predicted molar refractivity (Wildman–Crippen MR) is 142 cm³/mol. The molecule has 1 aliphatic carbocycles. The van der Waals surface area contributed by atoms with Gasteiger partial charge in [-0.25, -0.2) is 13.4 Å². The molecule has 5 rings (SSSR count). The number of rotatable bonds is 8. The van der Waals surface area contributed by atoms with Crippen molar-refractivity contribution in [3.63, 3.8) is 0 Å². The number of anilines is 1. The number of hydrogen-bond donors (Lipinski definition) is 1. The van der Waals surface area contributed by atoms with Crippen LogP contribution in [0.5, 0.6) is 11.6 Å². The van der Waals surface area contributed by atoms with Gasteiger partial charge in [0, 0.05) is 34.9 Å². The molecule has 0 unspecified atom stereocenters. The molecular weight excluding hydrogens is 486 g/mol. The summed E-state index contributed by atoms with van der Waals surface area (Å²) in [5.74, 6) is 0.809. The highest BCUT2D eigenvalue weighted by Gasteiger charge is 2.31. The molecule has 9 heteroatoms. The molecule has 8 nitrogen and oxygen atoms in total. The molecule has 1 N–H and O–H groups in total. The molecule has 2 heterocycles. The van der Waals surface area contributed by atoms with E-state index >= 15 is 0 Å². The van der Waals surface area contributed by atoms with Gasteiger partial charge in [0.05, 0.1) is 22.5 Å². The predicted octanol–water partition coefficient (Wildman–Crippen LogP) is 6.03. The number of nitrogens with zero attached hydrogens (tertiary/aromatic N) is 4. The minimum Gasteiger partial charge on any atom is -0.438 e. The number of aryl methyl sites for hydroxylation is 1. The normalized spacial score (nSPS) is 13.2. The third kappa shape index (κ3) is 4.74. The molecule has 0 spiro atoms. The van der Waals surface area contributed by atoms with Crippen LogP contribution in [0.15, 0.2) is 54.7 Å². The second-order valence-electron chi connectivity index (χ2n) is 9.14. The molecule has 186 valence electrons. The van der Waals surface area contributed by atoms with Crippen molar-refractivity contribution in [2.45, 2.75) is 39.2 Å². The van der Waals surface area contributed by atoms with Crippen molar-refractivity contribution >= 4 is 26.6 Å². The summed E-state index contributed by atoms with van der Waals surface area (Å²) in [6.07, 6.45) is 4.10. The van der Waals surface area contributed by atoms with Crippen LogP contribution in [-0.4, -0.2) is 23.7 Å². The maximum atomic E-state index is 12.2. The summed E-state index contributed by atoms with van der Waals surface area (Å²) in [6.45, 7) is 3.74. The molecule has 0 saturated heterocycles. The van der Waals surface area contributed by atoms with Gasteiger partial charge < -0.3 is 9.30 Å². The van der Waals surface area contributed by atoms with Crippen molar-refractivity contribution in [2.75, 3.05) is 10.5 Å². The van der Waals surface area contributed by atoms with Crippen molar-refractivity contribution in [1.82, 2.24) is 9.55 Å². The average Bonchev–Trinajstić information content (AvgIpc) is 3.65. The fourth-order valence-corrected chi connectivity index (χ4v) is 5.73. The smallest absolute Gasteiger partial charge is 0.237 e. The van der Waals surface area contributed by atoms with E-state index in [1.165, 1.54) is 0 Å². The molecule has 2 aromatic heterocycles. The summed E-state index contributed by atoms with van der Waals surface area (Å²) in [7, 11) is -3.41. The summed E-state index contributed by atoms with van der Waals surface area (Å²) in [5.41, 5.74) is 4.82. The van der Waals surface area contributed by atoms with Gasteiger partial charge in [-0.15, -0.1) is 0 Å². The van der Waals surface area contributed by atoms with E-state index in [4.69, 9.17) is 4.74 Å². The third-order valence-electron chi connectivity index (χ3n) is 6.33. The van der Waals surface area contributed by atoms with Gasteiger partial charge in [-0.05, 0) is 68.1 Å². The van der Waals surface area contributed by atoms with E-state index < -0.39 is 10.0 Å². The molecule has 0 bridgehead atoms. The van der Waals surface area contributed by atoms with Gasteiger partial charge in [-0.2, -0.15) is 10.5 Å². The Morgan fingerprint density at radius 2 is 1.95 bits per heavy atom. The lowest BCUT2D eigenvalue weighted by Crippen LogP contribution is -2.16. The van der Waals surface area contributed by atoms with Gasteiger partial charge in [0.25, 0.3) is 0 Å². The van der Waals surface area contributed by atoms with Crippen LogP contribution in [0.4, 0.5) is 5.69 Å². The fourth-order valence-electron chi connectivity index (χ4n) is 4.60. The largest absolute Gasteiger partial charge is 0.438 e. The Morgan fingerprint density at radius 3 is 2.62 bits per heavy atom. The van der Waals surface area contributed by atoms with Crippen LogP contribution in [0.1, 0.15) is 48.9 Å². The molecule has 37 heavy (non-hydrogen) atoms. The van der Waals surface area contributed by atoms with Crippen LogP contribution in [0.3, 0.4) is 0 Å². The van der Waals surface area contributed by atoms with Crippen LogP contribution in [0, 0.1) is 29.6 Å². The van der Waals surface area contributed by atoms with E-state index in [9.17, 15) is 18.9 Å². The molecule has 1 fully saturated rings. The summed E-state index contributed by atoms with van der Waals surface area (Å²) < 4.78 is 35.3. The second-order valence-corrected chi connectivity index (χ2v) is 11.0. The van der Waals surface area contributed by atoms with E-state index in [-0.39, 0.29) is 17.7 Å². The van der Waals surface area contributed by atoms with Crippen molar-refractivity contribution in [3.8, 4) is 35.0 Å². The lowest BCUT2D eigenvalue weighted by Gasteiger charge is -2.15. The summed E-state index contributed by atoms with van der Waals surface area (Å²) in [5, 5.41) is 20.4. The number of benzene rings is 2. The number of pyridine rings is 1. The molecule has 0 atom stereocenters. The Morgan fingerprint density at radius 1 is 1.14 bits per heavy atom. The molecule has 1 saturated carbocycles. The zero-order chi connectivity index (χ0) is 26.2. The minimum absolute atomic E-state index is 0.0566. The van der Waals surface area contributed by atoms with Gasteiger partial charge in [-0.3, -0.25) is 4.72 Å². The SMILES string of the molecule is CCCS(=O)(=O)Nc1ccc(-c2c(C#N)c3ccc(Oc4ncccc4C#N)cc3n2C2CC2)c(C)c1. The van der Waals surface area contributed by atoms with Gasteiger partial charge in [0.2, 0.25) is 15.9 Å². The Hall–Kier alpha value is -4.34. The first-order chi connectivity index (χ1) is 17.8. The van der Waals surface area contributed by atoms with Gasteiger partial charge in [-0.1, -0.05) is 13.0 Å². The van der Waals surface area contributed by atoms with Gasteiger partial charge >= 0.3 is 0 Å². The zero-order valence-electron chi connectivity index (χ0n) is 20.5. The van der Waals surface area contributed by atoms with E-state index in [1.807, 2.05) is 32.0 Å². The Balaban J connectivity index is 1.61. The first kappa shape index (κ1) is 24.4. The van der Waals surface area contributed by atoms with Crippen LogP contribution >= 0.6 is 0 Å². The summed E-state index contributed by atoms with van der Waals surface area (Å²) in [6, 6.07) is 19.0. The molecule has 2 aromatic carbocycles. The molecule has 0 aliphatic heterocycles. The number of sulfonamides is 1. The Bertz CT molecular complexity index is 1710. The van der Waals surface area contributed by atoms with E-state index in [2.05, 4.69) is 26.4 Å². The zero-order valence-corrected chi connectivity index (χ0v) is 21.3. The molecule has 0 radical (unpaired) electrons. The van der Waals surface area contributed by atoms with Gasteiger partial charge in [0.15, 0.2) is 0 Å². The standard InChI is InChI=1S/C28H25N5O3S/c1-3-13-37(34,35)32-20-6-10-23(18(2)14-20)27-25(17-30)24-11-9-22(15-26(24)33(27)21-7-8-21)36-28-19(16-29)5-4-12-31-28/h4-6,9-12,14-15,21,32H,3,7-8,13H2,1-2H3. The number of nitriles is 2. The first-order valence-corrected chi connectivity index (χ1v) is 13.7. The Kier molecular flexibility index (Phi) is 6.32. The number of aromatic nitrogens is 2. The number of fused-ring (bicyclic) bond motifs is 1. The number of nitrogens with one attached hydrogen (secondary N) is 1. The minimum atomic E-state index is -3.41. The quantitative estimate of drug-likeness (QED) is 0.308. The lowest BCUT2D eigenvalue weighted by atomic mass is 10.0. The van der Waals surface area contributed by atoms with Crippen molar-refractivity contribution < 1.29 is 13.2 Å². The number of ether oxygens (including phenoxy) is 1. The molecule has 4 aromatic rings. The van der Waals surface area contributed by atoms with Gasteiger partial charge in [0.1, 0.15) is 23.5 Å². The van der Waals surface area contributed by atoms with E-state index in [1.54, 1.807) is 36.5 Å². The molecular formula is C28H25N5O3S. The lowest BCUT2D eigenvalue weighted by molar-refractivity contribution is 0.461. The van der Waals surface area contributed by atoms with Crippen molar-refractivity contribution in [3.05, 3.63) is 71.4 Å². The van der Waals surface area contributed by atoms with Crippen LogP contribution in [0.25, 0.3) is 22.2 Å². The fraction of sp³-hybridized carbons (Fsp3) is 0.250. The van der Waals surface area contributed by atoms with E-state index in [0.717, 1.165) is 40.6 Å². The van der Waals surface area contributed by atoms with Crippen LogP contribution in [-0.2, 0) is 10.0 Å². The monoisotopic (exact) mass is 511 g/mol. The van der Waals surface area contributed by atoms with Crippen molar-refractivity contribution in [2.24, 2.45) is 0 Å². The molecule has 0 amide bonds. The summed E-state index contributed by atoms with van der Waals surface area (Å²) in [4.78, 5) is 4.19. The highest BCUT2D eigenvalue weighted by molar-refractivity contribution is 7.92. The molecule has 1 aliphatic rings. The van der Waals surface area contributed by atoms with Crippen LogP contribution in [0.2, 0.25) is 0 Å². The summed E-state index contributed by atoms with van der Waals surface area (Å²) >= 11 is 0. The highest BCUT2D eigenvalue weighted by Crippen LogP contribution is 2.46. The highest BCUT2D eigenvalue weighted by atomic mass is 32.2. The maximum Gasteiger partial charge on any atom is 0.237 e. The number of hydrogen-bond acceptors (Lipinski definition) is 6.